The molecule has 0 aliphatic carbocycles. The lowest BCUT2D eigenvalue weighted by Gasteiger charge is -2.16. The fraction of sp³-hybridized carbons (Fsp3) is 0.294. The van der Waals surface area contributed by atoms with E-state index < -0.39 is 0 Å². The minimum atomic E-state index is 0.0127. The molecule has 0 aromatic heterocycles. The van der Waals surface area contributed by atoms with Gasteiger partial charge in [-0.15, -0.1) is 0 Å². The molecule has 2 rings (SSSR count). The highest BCUT2D eigenvalue weighted by Crippen LogP contribution is 2.41. The summed E-state index contributed by atoms with van der Waals surface area (Å²) in [4.78, 5) is 0. The van der Waals surface area contributed by atoms with Crippen molar-refractivity contribution in [3.63, 3.8) is 0 Å². The van der Waals surface area contributed by atoms with Gasteiger partial charge in [0.1, 0.15) is 17.2 Å². The van der Waals surface area contributed by atoms with Crippen molar-refractivity contribution in [2.24, 2.45) is 5.73 Å². The molecule has 4 heteroatoms. The molecule has 0 aliphatic rings. The summed E-state index contributed by atoms with van der Waals surface area (Å²) >= 11 is 0. The van der Waals surface area contributed by atoms with Crippen molar-refractivity contribution in [3.05, 3.63) is 42.0 Å². The van der Waals surface area contributed by atoms with Crippen LogP contribution in [-0.2, 0) is 0 Å². The fourth-order valence-corrected chi connectivity index (χ4v) is 2.24. The van der Waals surface area contributed by atoms with Crippen LogP contribution in [0.2, 0.25) is 0 Å². The van der Waals surface area contributed by atoms with E-state index in [9.17, 15) is 0 Å². The smallest absolute Gasteiger partial charge is 0.134 e. The zero-order chi connectivity index (χ0) is 15.4. The number of ether oxygens (including phenoxy) is 3. The third kappa shape index (κ3) is 3.11. The molecule has 1 unspecified atom stereocenters. The van der Waals surface area contributed by atoms with Crippen LogP contribution in [0.4, 0.5) is 0 Å². The molecular weight excluding hydrogens is 266 g/mol. The first-order valence-corrected chi connectivity index (χ1v) is 6.76. The standard InChI is InChI=1S/C17H21NO3/c1-11(18)12-5-7-13(8-6-12)17-15(20-3)9-14(19-2)10-16(17)21-4/h5-11H,18H2,1-4H3. The van der Waals surface area contributed by atoms with E-state index in [1.54, 1.807) is 21.3 Å². The molecule has 2 aromatic rings. The second kappa shape index (κ2) is 6.50. The summed E-state index contributed by atoms with van der Waals surface area (Å²) in [6.07, 6.45) is 0. The van der Waals surface area contributed by atoms with Gasteiger partial charge in [-0.25, -0.2) is 0 Å². The van der Waals surface area contributed by atoms with Crippen LogP contribution in [0.15, 0.2) is 36.4 Å². The molecule has 0 bridgehead atoms. The molecule has 0 amide bonds. The van der Waals surface area contributed by atoms with Gasteiger partial charge in [-0.3, -0.25) is 0 Å². The van der Waals surface area contributed by atoms with Crippen LogP contribution in [0.3, 0.4) is 0 Å². The molecule has 0 heterocycles. The van der Waals surface area contributed by atoms with Crippen molar-refractivity contribution >= 4 is 0 Å². The average molecular weight is 287 g/mol. The average Bonchev–Trinajstić information content (AvgIpc) is 2.53. The Hall–Kier alpha value is -2.20. The molecule has 112 valence electrons. The van der Waals surface area contributed by atoms with Crippen LogP contribution < -0.4 is 19.9 Å². The van der Waals surface area contributed by atoms with Crippen LogP contribution in [0, 0.1) is 0 Å². The number of benzene rings is 2. The van der Waals surface area contributed by atoms with E-state index in [2.05, 4.69) is 0 Å². The largest absolute Gasteiger partial charge is 0.496 e. The zero-order valence-corrected chi connectivity index (χ0v) is 12.8. The molecule has 21 heavy (non-hydrogen) atoms. The van der Waals surface area contributed by atoms with Gasteiger partial charge in [0.15, 0.2) is 0 Å². The van der Waals surface area contributed by atoms with Crippen molar-refractivity contribution in [1.82, 2.24) is 0 Å². The molecule has 0 saturated heterocycles. The number of hydrogen-bond donors (Lipinski definition) is 1. The molecular formula is C17H21NO3. The first-order chi connectivity index (χ1) is 10.1. The third-order valence-corrected chi connectivity index (χ3v) is 3.44. The topological polar surface area (TPSA) is 53.7 Å². The van der Waals surface area contributed by atoms with Gasteiger partial charge in [0.2, 0.25) is 0 Å². The predicted octanol–water partition coefficient (Wildman–Crippen LogP) is 3.40. The van der Waals surface area contributed by atoms with E-state index >= 15 is 0 Å². The predicted molar refractivity (Wildman–Crippen MR) is 84.1 cm³/mol. The maximum absolute atomic E-state index is 5.89. The molecule has 2 aromatic carbocycles. The number of nitrogens with two attached hydrogens (primary N) is 1. The summed E-state index contributed by atoms with van der Waals surface area (Å²) < 4.78 is 16.2. The first-order valence-electron chi connectivity index (χ1n) is 6.76. The van der Waals surface area contributed by atoms with Gasteiger partial charge in [-0.1, -0.05) is 24.3 Å². The molecule has 2 N–H and O–H groups in total. The monoisotopic (exact) mass is 287 g/mol. The van der Waals surface area contributed by atoms with Crippen molar-refractivity contribution < 1.29 is 14.2 Å². The van der Waals surface area contributed by atoms with Crippen LogP contribution in [0.1, 0.15) is 18.5 Å². The Morgan fingerprint density at radius 1 is 0.857 bits per heavy atom. The van der Waals surface area contributed by atoms with Crippen LogP contribution in [-0.4, -0.2) is 21.3 Å². The van der Waals surface area contributed by atoms with E-state index in [0.29, 0.717) is 17.2 Å². The molecule has 0 spiro atoms. The molecule has 0 aliphatic heterocycles. The Balaban J connectivity index is 2.55. The van der Waals surface area contributed by atoms with Gasteiger partial charge in [0, 0.05) is 18.2 Å². The minimum absolute atomic E-state index is 0.0127. The number of rotatable bonds is 5. The Labute approximate surface area is 125 Å². The second-order valence-electron chi connectivity index (χ2n) is 4.82. The molecule has 0 radical (unpaired) electrons. The molecule has 0 saturated carbocycles. The van der Waals surface area contributed by atoms with Gasteiger partial charge in [-0.2, -0.15) is 0 Å². The molecule has 1 atom stereocenters. The quantitative estimate of drug-likeness (QED) is 0.915. The number of methoxy groups -OCH3 is 3. The van der Waals surface area contributed by atoms with Crippen LogP contribution >= 0.6 is 0 Å². The van der Waals surface area contributed by atoms with Gasteiger partial charge in [-0.05, 0) is 18.1 Å². The van der Waals surface area contributed by atoms with E-state index in [1.807, 2.05) is 43.3 Å². The lowest BCUT2D eigenvalue weighted by Crippen LogP contribution is -2.04. The Kier molecular flexibility index (Phi) is 4.70. The minimum Gasteiger partial charge on any atom is -0.496 e. The maximum Gasteiger partial charge on any atom is 0.134 e. The zero-order valence-electron chi connectivity index (χ0n) is 12.8. The van der Waals surface area contributed by atoms with E-state index in [-0.39, 0.29) is 6.04 Å². The molecule has 0 fully saturated rings. The highest BCUT2D eigenvalue weighted by Gasteiger charge is 2.15. The van der Waals surface area contributed by atoms with E-state index in [0.717, 1.165) is 16.7 Å². The van der Waals surface area contributed by atoms with Crippen molar-refractivity contribution in [2.75, 3.05) is 21.3 Å². The normalized spacial score (nSPS) is 11.9. The highest BCUT2D eigenvalue weighted by atomic mass is 16.5. The van der Waals surface area contributed by atoms with Crippen molar-refractivity contribution in [3.8, 4) is 28.4 Å². The lowest BCUT2D eigenvalue weighted by atomic mass is 10.00. The summed E-state index contributed by atoms with van der Waals surface area (Å²) in [5, 5.41) is 0. The highest BCUT2D eigenvalue weighted by molar-refractivity contribution is 5.78. The lowest BCUT2D eigenvalue weighted by molar-refractivity contribution is 0.377. The summed E-state index contributed by atoms with van der Waals surface area (Å²) in [5.41, 5.74) is 8.88. The van der Waals surface area contributed by atoms with Crippen LogP contribution in [0.25, 0.3) is 11.1 Å². The SMILES string of the molecule is COc1cc(OC)c(-c2ccc(C(C)N)cc2)c(OC)c1. The summed E-state index contributed by atoms with van der Waals surface area (Å²) in [6.45, 7) is 1.96. The van der Waals surface area contributed by atoms with Crippen molar-refractivity contribution in [2.45, 2.75) is 13.0 Å². The summed E-state index contributed by atoms with van der Waals surface area (Å²) in [6, 6.07) is 11.8. The van der Waals surface area contributed by atoms with Gasteiger partial charge < -0.3 is 19.9 Å². The van der Waals surface area contributed by atoms with Crippen LogP contribution in [0.5, 0.6) is 17.2 Å². The van der Waals surface area contributed by atoms with E-state index in [1.165, 1.54) is 0 Å². The molecule has 4 nitrogen and oxygen atoms in total. The van der Waals surface area contributed by atoms with Crippen molar-refractivity contribution in [1.29, 1.82) is 0 Å². The number of hydrogen-bond acceptors (Lipinski definition) is 4. The van der Waals surface area contributed by atoms with Gasteiger partial charge in [0.25, 0.3) is 0 Å². The Morgan fingerprint density at radius 2 is 1.38 bits per heavy atom. The first kappa shape index (κ1) is 15.2. The summed E-state index contributed by atoms with van der Waals surface area (Å²) in [7, 11) is 4.88. The Morgan fingerprint density at radius 3 is 1.76 bits per heavy atom. The Bertz CT molecular complexity index is 581. The van der Waals surface area contributed by atoms with Gasteiger partial charge >= 0.3 is 0 Å². The fourth-order valence-electron chi connectivity index (χ4n) is 2.24. The second-order valence-corrected chi connectivity index (χ2v) is 4.82. The summed E-state index contributed by atoms with van der Waals surface area (Å²) in [5.74, 6) is 2.11. The van der Waals surface area contributed by atoms with E-state index in [4.69, 9.17) is 19.9 Å². The third-order valence-electron chi connectivity index (χ3n) is 3.44. The maximum atomic E-state index is 5.89. The van der Waals surface area contributed by atoms with Gasteiger partial charge in [0.05, 0.1) is 26.9 Å².